The highest BCUT2D eigenvalue weighted by Gasteiger charge is 2.39. The van der Waals surface area contributed by atoms with Crippen LogP contribution in [0.5, 0.6) is 0 Å². The van der Waals surface area contributed by atoms with Crippen LogP contribution in [-0.2, 0) is 27.2 Å². The lowest BCUT2D eigenvalue weighted by molar-refractivity contribution is -0.145. The zero-order valence-electron chi connectivity index (χ0n) is 25.1. The van der Waals surface area contributed by atoms with Gasteiger partial charge in [-0.15, -0.1) is 0 Å². The van der Waals surface area contributed by atoms with Crippen molar-refractivity contribution in [2.45, 2.75) is 111 Å². The van der Waals surface area contributed by atoms with Crippen LogP contribution in [0, 0.1) is 0 Å². The third kappa shape index (κ3) is 10.0. The molecular formula is C32H47N3O4. The van der Waals surface area contributed by atoms with Crippen LogP contribution in [0.1, 0.15) is 91.5 Å². The lowest BCUT2D eigenvalue weighted by Gasteiger charge is -2.39. The summed E-state index contributed by atoms with van der Waals surface area (Å²) in [5.74, 6) is -0.608. The minimum Gasteiger partial charge on any atom is -0.444 e. The van der Waals surface area contributed by atoms with Gasteiger partial charge in [0.05, 0.1) is 0 Å². The number of alkyl carbamates (subject to hydrolysis) is 1. The molecule has 2 aromatic rings. The van der Waals surface area contributed by atoms with Gasteiger partial charge >= 0.3 is 6.09 Å². The number of carbonyl (C=O) groups is 3. The van der Waals surface area contributed by atoms with E-state index in [0.717, 1.165) is 23.1 Å². The van der Waals surface area contributed by atoms with E-state index in [4.69, 9.17) is 4.74 Å². The topological polar surface area (TPSA) is 87.7 Å². The Morgan fingerprint density at radius 2 is 1.46 bits per heavy atom. The molecule has 3 unspecified atom stereocenters. The lowest BCUT2D eigenvalue weighted by atomic mass is 9.96. The molecule has 0 fully saturated rings. The van der Waals surface area contributed by atoms with Gasteiger partial charge in [-0.05, 0) is 78.0 Å². The fraction of sp³-hybridized carbons (Fsp3) is 0.531. The van der Waals surface area contributed by atoms with Crippen molar-refractivity contribution in [2.24, 2.45) is 0 Å². The van der Waals surface area contributed by atoms with E-state index < -0.39 is 29.3 Å². The van der Waals surface area contributed by atoms with Gasteiger partial charge in [0.1, 0.15) is 17.7 Å². The molecule has 0 aromatic heterocycles. The SMILES string of the molecule is CCc1ccc(C(C(=O)NC(C)(C)C)N(C(=O)C(Cc2ccccc2)NC(=O)OC(C)(C)C)C(C)CC)cc1. The molecule has 0 heterocycles. The van der Waals surface area contributed by atoms with Crippen LogP contribution in [0.25, 0.3) is 0 Å². The van der Waals surface area contributed by atoms with Crippen LogP contribution in [0.4, 0.5) is 4.79 Å². The molecular weight excluding hydrogens is 490 g/mol. The quantitative estimate of drug-likeness (QED) is 0.391. The molecule has 2 rings (SSSR count). The van der Waals surface area contributed by atoms with Gasteiger partial charge in [0.15, 0.2) is 0 Å². The second-order valence-corrected chi connectivity index (χ2v) is 12.1. The Kier molecular flexibility index (Phi) is 11.1. The van der Waals surface area contributed by atoms with Gasteiger partial charge in [0.2, 0.25) is 11.8 Å². The molecule has 7 nitrogen and oxygen atoms in total. The van der Waals surface area contributed by atoms with E-state index in [9.17, 15) is 14.4 Å². The van der Waals surface area contributed by atoms with Gasteiger partial charge in [-0.1, -0.05) is 68.4 Å². The first kappa shape index (κ1) is 31.9. The van der Waals surface area contributed by atoms with E-state index in [2.05, 4.69) is 17.6 Å². The second-order valence-electron chi connectivity index (χ2n) is 12.1. The summed E-state index contributed by atoms with van der Waals surface area (Å²) in [5, 5.41) is 5.89. The van der Waals surface area contributed by atoms with Gasteiger partial charge < -0.3 is 20.3 Å². The van der Waals surface area contributed by atoms with Crippen molar-refractivity contribution in [2.75, 3.05) is 0 Å². The van der Waals surface area contributed by atoms with E-state index in [1.807, 2.05) is 89.2 Å². The Hall–Kier alpha value is -3.35. The molecule has 0 aliphatic heterocycles. The standard InChI is InChI=1S/C32H47N3O4/c1-10-22(3)35(27(28(36)34-31(4,5)6)25-19-17-23(11-2)18-20-25)29(37)26(21-24-15-13-12-14-16-24)33-30(38)39-32(7,8)9/h12-20,22,26-27H,10-11,21H2,1-9H3,(H,33,38)(H,34,36). The summed E-state index contributed by atoms with van der Waals surface area (Å²) >= 11 is 0. The van der Waals surface area contributed by atoms with Crippen molar-refractivity contribution >= 4 is 17.9 Å². The Balaban J connectivity index is 2.60. The fourth-order valence-corrected chi connectivity index (χ4v) is 4.29. The number of benzene rings is 2. The minimum absolute atomic E-state index is 0.258. The molecule has 0 saturated carbocycles. The molecule has 2 N–H and O–H groups in total. The molecule has 0 radical (unpaired) electrons. The number of nitrogens with one attached hydrogen (secondary N) is 2. The number of nitrogens with zero attached hydrogens (tertiary/aromatic N) is 1. The van der Waals surface area contributed by atoms with Gasteiger partial charge in [-0.3, -0.25) is 9.59 Å². The number of ether oxygens (including phenoxy) is 1. The molecule has 214 valence electrons. The first-order valence-corrected chi connectivity index (χ1v) is 13.9. The maximum absolute atomic E-state index is 14.4. The van der Waals surface area contributed by atoms with Gasteiger partial charge in [0.25, 0.3) is 0 Å². The molecule has 7 heteroatoms. The van der Waals surface area contributed by atoms with E-state index in [1.54, 1.807) is 25.7 Å². The summed E-state index contributed by atoms with van der Waals surface area (Å²) in [5.41, 5.74) is 1.53. The zero-order valence-corrected chi connectivity index (χ0v) is 25.1. The van der Waals surface area contributed by atoms with E-state index >= 15 is 0 Å². The second kappa shape index (κ2) is 13.6. The number of hydrogen-bond acceptors (Lipinski definition) is 4. The van der Waals surface area contributed by atoms with Gasteiger partial charge in [-0.25, -0.2) is 4.79 Å². The van der Waals surface area contributed by atoms with Crippen molar-refractivity contribution in [1.82, 2.24) is 15.5 Å². The number of aryl methyl sites for hydroxylation is 1. The third-order valence-electron chi connectivity index (χ3n) is 6.32. The molecule has 3 amide bonds. The van der Waals surface area contributed by atoms with Crippen molar-refractivity contribution in [3.8, 4) is 0 Å². The summed E-state index contributed by atoms with van der Waals surface area (Å²) in [6.45, 7) is 17.1. The van der Waals surface area contributed by atoms with Crippen LogP contribution in [0.2, 0.25) is 0 Å². The molecule has 2 aromatic carbocycles. The van der Waals surface area contributed by atoms with Crippen LogP contribution in [-0.4, -0.2) is 46.0 Å². The van der Waals surface area contributed by atoms with E-state index in [0.29, 0.717) is 6.42 Å². The normalized spacial score (nSPS) is 14.1. The van der Waals surface area contributed by atoms with Gasteiger partial charge in [0, 0.05) is 18.0 Å². The monoisotopic (exact) mass is 537 g/mol. The summed E-state index contributed by atoms with van der Waals surface area (Å²) in [6, 6.07) is 15.3. The average Bonchev–Trinajstić information content (AvgIpc) is 2.84. The Labute approximate surface area is 234 Å². The van der Waals surface area contributed by atoms with E-state index in [-0.39, 0.29) is 24.3 Å². The molecule has 0 saturated heterocycles. The molecule has 39 heavy (non-hydrogen) atoms. The predicted octanol–water partition coefficient (Wildman–Crippen LogP) is 5.97. The Morgan fingerprint density at radius 1 is 0.872 bits per heavy atom. The summed E-state index contributed by atoms with van der Waals surface area (Å²) in [7, 11) is 0. The van der Waals surface area contributed by atoms with Crippen LogP contribution in [0.15, 0.2) is 54.6 Å². The van der Waals surface area contributed by atoms with Crippen molar-refractivity contribution in [1.29, 1.82) is 0 Å². The fourth-order valence-electron chi connectivity index (χ4n) is 4.29. The Morgan fingerprint density at radius 3 is 1.95 bits per heavy atom. The largest absolute Gasteiger partial charge is 0.444 e. The summed E-state index contributed by atoms with van der Waals surface area (Å²) in [6.07, 6.45) is 1.08. The lowest BCUT2D eigenvalue weighted by Crippen LogP contribution is -2.57. The number of rotatable bonds is 10. The number of hydrogen-bond donors (Lipinski definition) is 2. The first-order chi connectivity index (χ1) is 18.1. The highest BCUT2D eigenvalue weighted by molar-refractivity contribution is 5.92. The van der Waals surface area contributed by atoms with Crippen molar-refractivity contribution in [3.05, 3.63) is 71.3 Å². The zero-order chi connectivity index (χ0) is 29.4. The molecule has 0 aliphatic rings. The van der Waals surface area contributed by atoms with Crippen LogP contribution < -0.4 is 10.6 Å². The molecule has 0 bridgehead atoms. The third-order valence-corrected chi connectivity index (χ3v) is 6.32. The summed E-state index contributed by atoms with van der Waals surface area (Å²) in [4.78, 5) is 42.8. The number of carbonyl (C=O) groups excluding carboxylic acids is 3. The number of amides is 3. The van der Waals surface area contributed by atoms with Crippen LogP contribution in [0.3, 0.4) is 0 Å². The van der Waals surface area contributed by atoms with E-state index in [1.165, 1.54) is 0 Å². The highest BCUT2D eigenvalue weighted by atomic mass is 16.6. The average molecular weight is 538 g/mol. The molecule has 0 spiro atoms. The highest BCUT2D eigenvalue weighted by Crippen LogP contribution is 2.28. The first-order valence-electron chi connectivity index (χ1n) is 13.9. The van der Waals surface area contributed by atoms with Gasteiger partial charge in [-0.2, -0.15) is 0 Å². The van der Waals surface area contributed by atoms with Crippen LogP contribution >= 0.6 is 0 Å². The minimum atomic E-state index is -0.934. The molecule has 3 atom stereocenters. The maximum atomic E-state index is 14.4. The smallest absolute Gasteiger partial charge is 0.408 e. The molecule has 0 aliphatic carbocycles. The predicted molar refractivity (Wildman–Crippen MR) is 156 cm³/mol. The maximum Gasteiger partial charge on any atom is 0.408 e. The Bertz CT molecular complexity index is 1090. The van der Waals surface area contributed by atoms with Crippen molar-refractivity contribution in [3.63, 3.8) is 0 Å². The van der Waals surface area contributed by atoms with Crippen molar-refractivity contribution < 1.29 is 19.1 Å². The summed E-state index contributed by atoms with van der Waals surface area (Å²) < 4.78 is 5.51.